The third-order valence-corrected chi connectivity index (χ3v) is 3.68. The number of rotatable bonds is 3. The van der Waals surface area contributed by atoms with Gasteiger partial charge in [-0.05, 0) is 37.8 Å². The molecule has 0 radical (unpaired) electrons. The summed E-state index contributed by atoms with van der Waals surface area (Å²) >= 11 is 5.98. The molecular formula is C15H17ClN2O2. The van der Waals surface area contributed by atoms with Gasteiger partial charge in [0.1, 0.15) is 11.8 Å². The third kappa shape index (κ3) is 3.88. The van der Waals surface area contributed by atoms with Crippen LogP contribution in [0.15, 0.2) is 18.2 Å². The second-order valence-corrected chi connectivity index (χ2v) is 5.36. The van der Waals surface area contributed by atoms with Crippen molar-refractivity contribution in [3.8, 4) is 11.8 Å². The Kier molecular flexibility index (Phi) is 4.39. The molecule has 0 atom stereocenters. The van der Waals surface area contributed by atoms with Crippen LogP contribution in [0, 0.1) is 11.3 Å². The van der Waals surface area contributed by atoms with Gasteiger partial charge in [0.25, 0.3) is 0 Å². The van der Waals surface area contributed by atoms with Crippen molar-refractivity contribution in [1.29, 1.82) is 5.26 Å². The minimum Gasteiger partial charge on any atom is -0.490 e. The highest BCUT2D eigenvalue weighted by molar-refractivity contribution is 6.31. The van der Waals surface area contributed by atoms with Gasteiger partial charge in [-0.15, -0.1) is 0 Å². The first-order chi connectivity index (χ1) is 10.0. The number of amides is 1. The predicted octanol–water partition coefficient (Wildman–Crippen LogP) is 3.04. The van der Waals surface area contributed by atoms with Crippen LogP contribution in [0.5, 0.6) is 5.75 Å². The predicted molar refractivity (Wildman–Crippen MR) is 76.7 cm³/mol. The number of halogens is 1. The van der Waals surface area contributed by atoms with E-state index in [1.807, 2.05) is 6.07 Å². The molecule has 0 aromatic heterocycles. The van der Waals surface area contributed by atoms with Gasteiger partial charge in [-0.2, -0.15) is 5.26 Å². The summed E-state index contributed by atoms with van der Waals surface area (Å²) in [5.74, 6) is 0.426. The van der Waals surface area contributed by atoms with Crippen molar-refractivity contribution in [2.75, 3.05) is 0 Å². The van der Waals surface area contributed by atoms with E-state index in [1.54, 1.807) is 18.2 Å². The van der Waals surface area contributed by atoms with Crippen LogP contribution in [0.2, 0.25) is 6.43 Å². The van der Waals surface area contributed by atoms with Crippen LogP contribution in [0.4, 0.5) is 0 Å². The van der Waals surface area contributed by atoms with E-state index in [9.17, 15) is 4.79 Å². The maximum absolute atomic E-state index is 11.2. The van der Waals surface area contributed by atoms with Gasteiger partial charge in [0, 0.05) is 19.0 Å². The molecule has 0 aliphatic heterocycles. The summed E-state index contributed by atoms with van der Waals surface area (Å²) in [5.41, 5.74) is 0.430. The van der Waals surface area contributed by atoms with Crippen molar-refractivity contribution in [2.45, 2.75) is 44.8 Å². The van der Waals surface area contributed by atoms with E-state index < -0.39 is 0 Å². The van der Waals surface area contributed by atoms with Gasteiger partial charge in [-0.1, -0.05) is 11.6 Å². The third-order valence-electron chi connectivity index (χ3n) is 3.37. The summed E-state index contributed by atoms with van der Waals surface area (Å²) in [6.07, 6.45) is 3.18. The van der Waals surface area contributed by atoms with Crippen molar-refractivity contribution >= 4 is 17.5 Å². The average molecular weight is 294 g/mol. The molecule has 0 bridgehead atoms. The smallest absolute Gasteiger partial charge is 0.217 e. The van der Waals surface area contributed by atoms with Crippen molar-refractivity contribution in [2.24, 2.45) is 0 Å². The Hall–Kier alpha value is -1.73. The molecule has 0 spiro atoms. The van der Waals surface area contributed by atoms with Gasteiger partial charge in [0.05, 0.1) is 16.7 Å². The fraction of sp³-hybridized carbons (Fsp3) is 0.467. The zero-order chi connectivity index (χ0) is 15.4. The molecule has 1 amide bonds. The zero-order valence-corrected chi connectivity index (χ0v) is 12.1. The van der Waals surface area contributed by atoms with E-state index in [4.69, 9.17) is 23.0 Å². The first-order valence-electron chi connectivity index (χ1n) is 7.11. The molecule has 0 saturated heterocycles. The number of nitrogens with one attached hydrogen (secondary N) is 1. The quantitative estimate of drug-likeness (QED) is 0.932. The van der Waals surface area contributed by atoms with Gasteiger partial charge in [-0.3, -0.25) is 4.79 Å². The summed E-state index contributed by atoms with van der Waals surface area (Å²) in [6, 6.07) is 7.02. The lowest BCUT2D eigenvalue weighted by Crippen LogP contribution is -2.38. The Balaban J connectivity index is 1.91. The van der Waals surface area contributed by atoms with Crippen molar-refractivity contribution in [3.63, 3.8) is 0 Å². The maximum Gasteiger partial charge on any atom is 0.217 e. The highest BCUT2D eigenvalue weighted by Crippen LogP contribution is 2.27. The minimum atomic E-state index is -0.224. The van der Waals surface area contributed by atoms with Crippen LogP contribution in [0.1, 0.15) is 38.2 Å². The Morgan fingerprint density at radius 3 is 2.75 bits per heavy atom. The molecule has 20 heavy (non-hydrogen) atoms. The van der Waals surface area contributed by atoms with E-state index in [1.165, 1.54) is 6.92 Å². The molecule has 5 heteroatoms. The number of carbonyl (C=O) groups excluding carboxylic acids is 1. The average Bonchev–Trinajstić information content (AvgIpc) is 2.47. The summed E-state index contributed by atoms with van der Waals surface area (Å²) in [5, 5.41) is 10.3. The second-order valence-electron chi connectivity index (χ2n) is 4.95. The Morgan fingerprint density at radius 2 is 2.20 bits per heavy atom. The lowest BCUT2D eigenvalue weighted by atomic mass is 9.93. The minimum absolute atomic E-state index is 0.0214. The number of benzene rings is 1. The summed E-state index contributed by atoms with van der Waals surface area (Å²) in [4.78, 5) is 11.2. The van der Waals surface area contributed by atoms with E-state index in [0.29, 0.717) is 16.3 Å². The molecule has 2 rings (SSSR count). The number of nitrogens with zero attached hydrogens (tertiary/aromatic N) is 1. The Bertz CT molecular complexity index is 565. The van der Waals surface area contributed by atoms with Crippen LogP contribution in [0.3, 0.4) is 0 Å². The van der Waals surface area contributed by atoms with E-state index in [2.05, 4.69) is 0 Å². The zero-order valence-electron chi connectivity index (χ0n) is 12.3. The number of carbonyl (C=O) groups is 1. The lowest BCUT2D eigenvalue weighted by Gasteiger charge is -2.29. The topological polar surface area (TPSA) is 62.1 Å². The molecule has 1 aliphatic carbocycles. The summed E-state index contributed by atoms with van der Waals surface area (Å²) in [7, 11) is 0. The molecule has 1 N–H and O–H groups in total. The SMILES string of the molecule is [2H]N(C(C)=O)C1CCC(Oc2ccc(C#N)c(Cl)c2)CC1. The lowest BCUT2D eigenvalue weighted by molar-refractivity contribution is -0.120. The number of nitriles is 1. The summed E-state index contributed by atoms with van der Waals surface area (Å²) < 4.78 is 13.5. The molecule has 1 aromatic rings. The van der Waals surface area contributed by atoms with Crippen LogP contribution in [-0.2, 0) is 4.79 Å². The van der Waals surface area contributed by atoms with Crippen LogP contribution in [-0.4, -0.2) is 18.1 Å². The molecule has 1 aromatic carbocycles. The first-order valence-corrected chi connectivity index (χ1v) is 7.04. The second kappa shape index (κ2) is 6.62. The molecule has 0 unspecified atom stereocenters. The fourth-order valence-electron chi connectivity index (χ4n) is 2.40. The van der Waals surface area contributed by atoms with Crippen LogP contribution in [0.25, 0.3) is 0 Å². The van der Waals surface area contributed by atoms with E-state index >= 15 is 0 Å². The van der Waals surface area contributed by atoms with Gasteiger partial charge in [0.2, 0.25) is 5.91 Å². The van der Waals surface area contributed by atoms with E-state index in [-0.39, 0.29) is 18.1 Å². The fourth-order valence-corrected chi connectivity index (χ4v) is 2.61. The van der Waals surface area contributed by atoms with Crippen molar-refractivity contribution in [3.05, 3.63) is 28.8 Å². The molecule has 1 saturated carbocycles. The number of hydrogen-bond acceptors (Lipinski definition) is 3. The number of ether oxygens (including phenoxy) is 1. The van der Waals surface area contributed by atoms with Crippen molar-refractivity contribution < 1.29 is 10.9 Å². The largest absolute Gasteiger partial charge is 0.490 e. The standard InChI is InChI=1S/C15H17ClN2O2/c1-10(19)18-12-3-6-13(7-4-12)20-14-5-2-11(9-17)15(16)8-14/h2,5,8,12-13H,3-4,6-7H2,1H3,(H,18,19)/i/hD. The normalized spacial score (nSPS) is 22.6. The monoisotopic (exact) mass is 293 g/mol. The maximum atomic E-state index is 11.2. The molecule has 4 nitrogen and oxygen atoms in total. The first kappa shape index (κ1) is 13.3. The molecule has 1 aliphatic rings. The van der Waals surface area contributed by atoms with Crippen LogP contribution >= 0.6 is 11.6 Å². The Labute approximate surface area is 125 Å². The number of hydrogen-bond donors (Lipinski definition) is 1. The summed E-state index contributed by atoms with van der Waals surface area (Å²) in [6.45, 7) is 1.41. The van der Waals surface area contributed by atoms with Gasteiger partial charge < -0.3 is 10.0 Å². The molecular weight excluding hydrogens is 276 g/mol. The highest BCUT2D eigenvalue weighted by atomic mass is 35.5. The van der Waals surface area contributed by atoms with Crippen molar-refractivity contribution in [1.82, 2.24) is 5.31 Å². The van der Waals surface area contributed by atoms with Gasteiger partial charge in [0.15, 0.2) is 1.41 Å². The molecule has 106 valence electrons. The van der Waals surface area contributed by atoms with Gasteiger partial charge >= 0.3 is 0 Å². The Morgan fingerprint density at radius 1 is 1.50 bits per heavy atom. The van der Waals surface area contributed by atoms with Crippen LogP contribution < -0.4 is 10.0 Å². The van der Waals surface area contributed by atoms with Gasteiger partial charge in [-0.25, -0.2) is 0 Å². The molecule has 0 heterocycles. The molecule has 1 fully saturated rings. The van der Waals surface area contributed by atoms with E-state index in [0.717, 1.165) is 31.0 Å². The highest BCUT2D eigenvalue weighted by Gasteiger charge is 2.22.